The van der Waals surface area contributed by atoms with Crippen molar-refractivity contribution in [1.82, 2.24) is 15.5 Å². The van der Waals surface area contributed by atoms with Crippen molar-refractivity contribution in [3.05, 3.63) is 63.6 Å². The highest BCUT2D eigenvalue weighted by Gasteiger charge is 2.17. The van der Waals surface area contributed by atoms with Gasteiger partial charge in [0.25, 0.3) is 11.8 Å². The van der Waals surface area contributed by atoms with E-state index in [0.717, 1.165) is 5.56 Å². The van der Waals surface area contributed by atoms with E-state index in [0.29, 0.717) is 41.0 Å². The van der Waals surface area contributed by atoms with E-state index in [9.17, 15) is 9.59 Å². The molecule has 3 aromatic rings. The maximum atomic E-state index is 12.7. The fourth-order valence-corrected chi connectivity index (χ4v) is 3.59. The van der Waals surface area contributed by atoms with Gasteiger partial charge in [-0.25, -0.2) is 0 Å². The topological polar surface area (TPSA) is 102 Å². The van der Waals surface area contributed by atoms with E-state index >= 15 is 0 Å². The Bertz CT molecular complexity index is 1100. The minimum Gasteiger partial charge on any atom is -0.486 e. The van der Waals surface area contributed by atoms with Crippen LogP contribution in [0.3, 0.4) is 0 Å². The fraction of sp³-hybridized carbons (Fsp3) is 0.238. The van der Waals surface area contributed by atoms with Crippen molar-refractivity contribution in [3.8, 4) is 11.5 Å². The first-order valence-electron chi connectivity index (χ1n) is 9.41. The van der Waals surface area contributed by atoms with Gasteiger partial charge in [-0.05, 0) is 49.7 Å². The van der Waals surface area contributed by atoms with Gasteiger partial charge in [0.05, 0.1) is 6.04 Å². The Morgan fingerprint density at radius 2 is 1.83 bits per heavy atom. The molecule has 1 aliphatic rings. The molecule has 0 radical (unpaired) electrons. The number of fused-ring (bicyclic) bond motifs is 1. The lowest BCUT2D eigenvalue weighted by Crippen LogP contribution is -2.27. The summed E-state index contributed by atoms with van der Waals surface area (Å²) in [6, 6.07) is 12.1. The standard InChI is InChI=1S/C21H20N4O4S/c1-12(14-6-7-17-18(11-14)29-9-8-28-17)22-19(26)15-4-3-5-16(10-15)23-20(27)21-25-24-13(2)30-21/h3-7,10-12H,8-9H2,1-2H3,(H,22,26)(H,23,27). The monoisotopic (exact) mass is 424 g/mol. The van der Waals surface area contributed by atoms with Crippen LogP contribution in [0.1, 0.15) is 43.7 Å². The molecule has 0 saturated heterocycles. The van der Waals surface area contributed by atoms with Crippen LogP contribution in [0.5, 0.6) is 11.5 Å². The number of aryl methyl sites for hydroxylation is 1. The van der Waals surface area contributed by atoms with E-state index in [-0.39, 0.29) is 22.9 Å². The SMILES string of the molecule is Cc1nnc(C(=O)Nc2cccc(C(=O)NC(C)c3ccc4c(c3)OCCO4)c2)s1. The second kappa shape index (κ2) is 8.50. The normalized spacial score (nSPS) is 13.4. The summed E-state index contributed by atoms with van der Waals surface area (Å²) in [6.45, 7) is 4.71. The smallest absolute Gasteiger partial charge is 0.286 e. The van der Waals surface area contributed by atoms with Crippen molar-refractivity contribution in [2.24, 2.45) is 0 Å². The van der Waals surface area contributed by atoms with E-state index in [1.54, 1.807) is 31.2 Å². The summed E-state index contributed by atoms with van der Waals surface area (Å²) in [7, 11) is 0. The highest BCUT2D eigenvalue weighted by atomic mass is 32.1. The lowest BCUT2D eigenvalue weighted by atomic mass is 10.1. The van der Waals surface area contributed by atoms with Crippen LogP contribution in [0.25, 0.3) is 0 Å². The second-order valence-electron chi connectivity index (χ2n) is 6.76. The van der Waals surface area contributed by atoms with E-state index in [1.807, 2.05) is 25.1 Å². The third-order valence-electron chi connectivity index (χ3n) is 4.52. The van der Waals surface area contributed by atoms with E-state index in [4.69, 9.17) is 9.47 Å². The van der Waals surface area contributed by atoms with Gasteiger partial charge in [-0.1, -0.05) is 23.5 Å². The Morgan fingerprint density at radius 1 is 1.03 bits per heavy atom. The third-order valence-corrected chi connectivity index (χ3v) is 5.35. The predicted octanol–water partition coefficient (Wildman–Crippen LogP) is 3.36. The van der Waals surface area contributed by atoms with Crippen LogP contribution < -0.4 is 20.1 Å². The molecule has 0 fully saturated rings. The molecule has 2 amide bonds. The molecule has 30 heavy (non-hydrogen) atoms. The van der Waals surface area contributed by atoms with Gasteiger partial charge < -0.3 is 20.1 Å². The van der Waals surface area contributed by atoms with Gasteiger partial charge in [0.15, 0.2) is 11.5 Å². The molecule has 0 bridgehead atoms. The van der Waals surface area contributed by atoms with Gasteiger partial charge in [-0.2, -0.15) is 0 Å². The van der Waals surface area contributed by atoms with Crippen LogP contribution in [0.4, 0.5) is 5.69 Å². The van der Waals surface area contributed by atoms with Gasteiger partial charge >= 0.3 is 0 Å². The van der Waals surface area contributed by atoms with Crippen LogP contribution in [0, 0.1) is 6.92 Å². The van der Waals surface area contributed by atoms with E-state index in [1.165, 1.54) is 11.3 Å². The molecule has 2 N–H and O–H groups in total. The number of nitrogens with zero attached hydrogens (tertiary/aromatic N) is 2. The number of amides is 2. The number of anilines is 1. The molecule has 8 nitrogen and oxygen atoms in total. The molecule has 4 rings (SSSR count). The summed E-state index contributed by atoms with van der Waals surface area (Å²) in [5, 5.41) is 14.4. The molecule has 1 aliphatic heterocycles. The summed E-state index contributed by atoms with van der Waals surface area (Å²) in [6.07, 6.45) is 0. The summed E-state index contributed by atoms with van der Waals surface area (Å²) >= 11 is 1.21. The number of hydrogen-bond donors (Lipinski definition) is 2. The Balaban J connectivity index is 1.43. The summed E-state index contributed by atoms with van der Waals surface area (Å²) in [5.74, 6) is 0.775. The zero-order valence-corrected chi connectivity index (χ0v) is 17.3. The van der Waals surface area contributed by atoms with E-state index < -0.39 is 0 Å². The minimum absolute atomic E-state index is 0.240. The average Bonchev–Trinajstić information content (AvgIpc) is 3.20. The van der Waals surface area contributed by atoms with E-state index in [2.05, 4.69) is 20.8 Å². The Hall–Kier alpha value is -3.46. The maximum absolute atomic E-state index is 12.7. The number of carbonyl (C=O) groups is 2. The first-order valence-corrected chi connectivity index (χ1v) is 10.2. The molecule has 2 aromatic carbocycles. The second-order valence-corrected chi connectivity index (χ2v) is 7.94. The van der Waals surface area contributed by atoms with Crippen LogP contribution in [-0.2, 0) is 0 Å². The predicted molar refractivity (Wildman–Crippen MR) is 112 cm³/mol. The average molecular weight is 424 g/mol. The molecule has 9 heteroatoms. The lowest BCUT2D eigenvalue weighted by Gasteiger charge is -2.21. The highest BCUT2D eigenvalue weighted by molar-refractivity contribution is 7.13. The van der Waals surface area contributed by atoms with Crippen LogP contribution in [0.2, 0.25) is 0 Å². The number of rotatable bonds is 5. The van der Waals surface area contributed by atoms with Crippen LogP contribution >= 0.6 is 11.3 Å². The molecular weight excluding hydrogens is 404 g/mol. The van der Waals surface area contributed by atoms with Gasteiger partial charge in [0.1, 0.15) is 18.2 Å². The number of benzene rings is 2. The first-order chi connectivity index (χ1) is 14.5. The van der Waals surface area contributed by atoms with Crippen LogP contribution in [-0.4, -0.2) is 35.2 Å². The van der Waals surface area contributed by atoms with Crippen molar-refractivity contribution in [1.29, 1.82) is 0 Å². The maximum Gasteiger partial charge on any atom is 0.286 e. The summed E-state index contributed by atoms with van der Waals surface area (Å²) < 4.78 is 11.1. The Kier molecular flexibility index (Phi) is 5.62. The first kappa shape index (κ1) is 19.8. The Labute approximate surface area is 177 Å². The van der Waals surface area contributed by atoms with Crippen molar-refractivity contribution < 1.29 is 19.1 Å². The lowest BCUT2D eigenvalue weighted by molar-refractivity contribution is 0.0938. The molecule has 154 valence electrons. The van der Waals surface area contributed by atoms with Gasteiger partial charge in [0.2, 0.25) is 5.01 Å². The van der Waals surface area contributed by atoms with Gasteiger partial charge in [0, 0.05) is 11.3 Å². The molecular formula is C21H20N4O4S. The third kappa shape index (κ3) is 4.41. The zero-order valence-electron chi connectivity index (χ0n) is 16.5. The van der Waals surface area contributed by atoms with Crippen molar-refractivity contribution >= 4 is 28.8 Å². The number of nitrogens with one attached hydrogen (secondary N) is 2. The summed E-state index contributed by atoms with van der Waals surface area (Å²) in [5.41, 5.74) is 1.85. The number of carbonyl (C=O) groups excluding carboxylic acids is 2. The summed E-state index contributed by atoms with van der Waals surface area (Å²) in [4.78, 5) is 25.0. The number of hydrogen-bond acceptors (Lipinski definition) is 7. The molecule has 0 spiro atoms. The molecule has 0 aliphatic carbocycles. The quantitative estimate of drug-likeness (QED) is 0.651. The van der Waals surface area contributed by atoms with Crippen molar-refractivity contribution in [3.63, 3.8) is 0 Å². The zero-order chi connectivity index (χ0) is 21.1. The Morgan fingerprint density at radius 3 is 2.60 bits per heavy atom. The molecule has 1 atom stereocenters. The van der Waals surface area contributed by atoms with Gasteiger partial charge in [-0.15, -0.1) is 10.2 Å². The number of aromatic nitrogens is 2. The molecule has 0 saturated carbocycles. The largest absolute Gasteiger partial charge is 0.486 e. The fourth-order valence-electron chi connectivity index (χ4n) is 3.00. The van der Waals surface area contributed by atoms with Gasteiger partial charge in [-0.3, -0.25) is 9.59 Å². The molecule has 1 aromatic heterocycles. The van der Waals surface area contributed by atoms with Crippen LogP contribution in [0.15, 0.2) is 42.5 Å². The number of ether oxygens (including phenoxy) is 2. The van der Waals surface area contributed by atoms with Crippen molar-refractivity contribution in [2.45, 2.75) is 19.9 Å². The molecule has 2 heterocycles. The highest BCUT2D eigenvalue weighted by Crippen LogP contribution is 2.32. The van der Waals surface area contributed by atoms with Crippen molar-refractivity contribution in [2.75, 3.05) is 18.5 Å². The molecule has 1 unspecified atom stereocenters. The minimum atomic E-state index is -0.359.